The maximum Gasteiger partial charge on any atom is 0.127 e. The van der Waals surface area contributed by atoms with Gasteiger partial charge in [0.05, 0.1) is 13.3 Å². The van der Waals surface area contributed by atoms with Crippen molar-refractivity contribution in [3.8, 4) is 5.75 Å². The lowest BCUT2D eigenvalue weighted by Gasteiger charge is -2.09. The first-order valence-electron chi connectivity index (χ1n) is 4.49. The molecule has 0 aliphatic heterocycles. The van der Waals surface area contributed by atoms with Crippen molar-refractivity contribution < 1.29 is 13.5 Å². The van der Waals surface area contributed by atoms with Crippen molar-refractivity contribution in [2.24, 2.45) is 0 Å². The fourth-order valence-corrected chi connectivity index (χ4v) is 1.14. The van der Waals surface area contributed by atoms with Crippen LogP contribution in [0.5, 0.6) is 5.75 Å². The first kappa shape index (κ1) is 11.0. The van der Waals surface area contributed by atoms with Crippen LogP contribution >= 0.6 is 0 Å². The number of rotatable bonds is 4. The molecule has 0 aromatic heterocycles. The van der Waals surface area contributed by atoms with Gasteiger partial charge in [0.1, 0.15) is 11.6 Å². The Morgan fingerprint density at radius 1 is 1.36 bits per heavy atom. The lowest BCUT2D eigenvalue weighted by Crippen LogP contribution is -1.99. The Bertz CT molecular complexity index is 299. The van der Waals surface area contributed by atoms with Gasteiger partial charge in [-0.3, -0.25) is 4.39 Å². The zero-order chi connectivity index (χ0) is 10.6. The Hall–Kier alpha value is -1.12. The summed E-state index contributed by atoms with van der Waals surface area (Å²) in [4.78, 5) is 0. The number of halogens is 2. The standard InChI is InChI=1S/C11H13F2O/c1-3-14-11-5-9(8(2)7-12)4-10(13)6-11/h4-6H,3,7H2,1-2H3. The van der Waals surface area contributed by atoms with Crippen LogP contribution in [0, 0.1) is 11.7 Å². The number of benzene rings is 1. The highest BCUT2D eigenvalue weighted by molar-refractivity contribution is 5.37. The fourth-order valence-electron chi connectivity index (χ4n) is 1.14. The number of alkyl halides is 1. The molecule has 0 saturated carbocycles. The van der Waals surface area contributed by atoms with Crippen molar-refractivity contribution in [3.05, 3.63) is 35.5 Å². The molecule has 0 bridgehead atoms. The molecule has 0 aliphatic rings. The lowest BCUT2D eigenvalue weighted by molar-refractivity contribution is 0.338. The van der Waals surface area contributed by atoms with E-state index < -0.39 is 12.5 Å². The second kappa shape index (κ2) is 4.94. The summed E-state index contributed by atoms with van der Waals surface area (Å²) in [5.41, 5.74) is 0.552. The minimum Gasteiger partial charge on any atom is -0.494 e. The first-order chi connectivity index (χ1) is 6.67. The van der Waals surface area contributed by atoms with Crippen LogP contribution in [-0.2, 0) is 0 Å². The average molecular weight is 199 g/mol. The Morgan fingerprint density at radius 2 is 2.07 bits per heavy atom. The quantitative estimate of drug-likeness (QED) is 0.723. The molecule has 1 rings (SSSR count). The predicted octanol–water partition coefficient (Wildman–Crippen LogP) is 3.14. The van der Waals surface area contributed by atoms with Crippen molar-refractivity contribution in [1.29, 1.82) is 0 Å². The largest absolute Gasteiger partial charge is 0.494 e. The molecule has 1 radical (unpaired) electrons. The van der Waals surface area contributed by atoms with Gasteiger partial charge in [0.2, 0.25) is 0 Å². The monoisotopic (exact) mass is 199 g/mol. The molecule has 14 heavy (non-hydrogen) atoms. The predicted molar refractivity (Wildman–Crippen MR) is 51.6 cm³/mol. The Labute approximate surface area is 82.7 Å². The molecule has 0 saturated heterocycles. The van der Waals surface area contributed by atoms with E-state index in [-0.39, 0.29) is 0 Å². The van der Waals surface area contributed by atoms with Crippen molar-refractivity contribution in [3.63, 3.8) is 0 Å². The molecule has 3 heteroatoms. The van der Waals surface area contributed by atoms with E-state index in [1.807, 2.05) is 6.92 Å². The van der Waals surface area contributed by atoms with E-state index in [0.29, 0.717) is 23.8 Å². The van der Waals surface area contributed by atoms with E-state index in [0.717, 1.165) is 0 Å². The van der Waals surface area contributed by atoms with Gasteiger partial charge in [0.25, 0.3) is 0 Å². The van der Waals surface area contributed by atoms with E-state index >= 15 is 0 Å². The van der Waals surface area contributed by atoms with Gasteiger partial charge in [-0.15, -0.1) is 0 Å². The minimum absolute atomic E-state index is 0.404. The topological polar surface area (TPSA) is 9.23 Å². The van der Waals surface area contributed by atoms with E-state index in [2.05, 4.69) is 0 Å². The SMILES string of the molecule is CCOc1cc(F)cc([C](C)CF)c1. The molecule has 77 valence electrons. The van der Waals surface area contributed by atoms with Crippen LogP contribution in [0.2, 0.25) is 0 Å². The molecule has 0 fully saturated rings. The molecule has 1 aromatic rings. The summed E-state index contributed by atoms with van der Waals surface area (Å²) in [6.45, 7) is 3.34. The summed E-state index contributed by atoms with van der Waals surface area (Å²) in [5.74, 6) is 0.541. The van der Waals surface area contributed by atoms with Crippen molar-refractivity contribution in [2.45, 2.75) is 13.8 Å². The van der Waals surface area contributed by atoms with Gasteiger partial charge in [0.15, 0.2) is 0 Å². The molecule has 0 atom stereocenters. The van der Waals surface area contributed by atoms with Gasteiger partial charge in [-0.2, -0.15) is 0 Å². The molecular formula is C11H13F2O. The second-order valence-electron chi connectivity index (χ2n) is 3.02. The highest BCUT2D eigenvalue weighted by atomic mass is 19.1. The molecule has 0 amide bonds. The van der Waals surface area contributed by atoms with Crippen LogP contribution in [0.1, 0.15) is 19.4 Å². The molecule has 0 N–H and O–H groups in total. The van der Waals surface area contributed by atoms with Crippen LogP contribution in [0.15, 0.2) is 18.2 Å². The molecule has 0 unspecified atom stereocenters. The van der Waals surface area contributed by atoms with Crippen molar-refractivity contribution >= 4 is 0 Å². The second-order valence-corrected chi connectivity index (χ2v) is 3.02. The van der Waals surface area contributed by atoms with Gasteiger partial charge in [-0.25, -0.2) is 4.39 Å². The van der Waals surface area contributed by atoms with E-state index in [4.69, 9.17) is 4.74 Å². The molecule has 0 aliphatic carbocycles. The normalized spacial score (nSPS) is 10.6. The third-order valence-electron chi connectivity index (χ3n) is 1.88. The summed E-state index contributed by atoms with van der Waals surface area (Å²) >= 11 is 0. The summed E-state index contributed by atoms with van der Waals surface area (Å²) in [5, 5.41) is 0. The van der Waals surface area contributed by atoms with Crippen LogP contribution in [0.25, 0.3) is 0 Å². The van der Waals surface area contributed by atoms with Crippen LogP contribution in [-0.4, -0.2) is 13.3 Å². The molecular weight excluding hydrogens is 186 g/mol. The maximum absolute atomic E-state index is 13.0. The Kier molecular flexibility index (Phi) is 3.86. The smallest absolute Gasteiger partial charge is 0.127 e. The highest BCUT2D eigenvalue weighted by Crippen LogP contribution is 2.22. The average Bonchev–Trinajstić information content (AvgIpc) is 2.16. The molecule has 1 aromatic carbocycles. The van der Waals surface area contributed by atoms with E-state index in [1.165, 1.54) is 12.1 Å². The van der Waals surface area contributed by atoms with Crippen LogP contribution in [0.4, 0.5) is 8.78 Å². The number of hydrogen-bond acceptors (Lipinski definition) is 1. The Morgan fingerprint density at radius 3 is 2.64 bits per heavy atom. The molecule has 0 spiro atoms. The minimum atomic E-state index is -0.574. The van der Waals surface area contributed by atoms with E-state index in [9.17, 15) is 8.78 Å². The zero-order valence-corrected chi connectivity index (χ0v) is 8.31. The van der Waals surface area contributed by atoms with E-state index in [1.54, 1.807) is 13.0 Å². The van der Waals surface area contributed by atoms with Gasteiger partial charge >= 0.3 is 0 Å². The summed E-state index contributed by atoms with van der Waals surface area (Å²) in [6, 6.07) is 4.23. The molecule has 0 heterocycles. The summed E-state index contributed by atoms with van der Waals surface area (Å²) in [6.07, 6.45) is 0. The van der Waals surface area contributed by atoms with Gasteiger partial charge in [0, 0.05) is 12.0 Å². The summed E-state index contributed by atoms with van der Waals surface area (Å²) < 4.78 is 30.5. The third kappa shape index (κ3) is 2.69. The summed E-state index contributed by atoms with van der Waals surface area (Å²) in [7, 11) is 0. The van der Waals surface area contributed by atoms with Crippen LogP contribution < -0.4 is 4.74 Å². The number of ether oxygens (including phenoxy) is 1. The zero-order valence-electron chi connectivity index (χ0n) is 8.31. The Balaban J connectivity index is 2.94. The first-order valence-corrected chi connectivity index (χ1v) is 4.49. The number of hydrogen-bond donors (Lipinski definition) is 0. The van der Waals surface area contributed by atoms with Crippen molar-refractivity contribution in [1.82, 2.24) is 0 Å². The van der Waals surface area contributed by atoms with Gasteiger partial charge < -0.3 is 4.74 Å². The lowest BCUT2D eigenvalue weighted by atomic mass is 10.0. The van der Waals surface area contributed by atoms with Crippen LogP contribution in [0.3, 0.4) is 0 Å². The third-order valence-corrected chi connectivity index (χ3v) is 1.88. The molecule has 1 nitrogen and oxygen atoms in total. The maximum atomic E-state index is 13.0. The van der Waals surface area contributed by atoms with Gasteiger partial charge in [-0.05, 0) is 24.6 Å². The van der Waals surface area contributed by atoms with Gasteiger partial charge in [-0.1, -0.05) is 6.92 Å². The fraction of sp³-hybridized carbons (Fsp3) is 0.364. The van der Waals surface area contributed by atoms with Crippen molar-refractivity contribution in [2.75, 3.05) is 13.3 Å². The highest BCUT2D eigenvalue weighted by Gasteiger charge is 2.09.